The van der Waals surface area contributed by atoms with Gasteiger partial charge in [0.1, 0.15) is 11.3 Å². The van der Waals surface area contributed by atoms with Crippen LogP contribution >= 0.6 is 27.5 Å². The molecule has 0 spiro atoms. The zero-order valence-electron chi connectivity index (χ0n) is 13.9. The summed E-state index contributed by atoms with van der Waals surface area (Å²) in [6, 6.07) is 11.6. The van der Waals surface area contributed by atoms with Crippen molar-refractivity contribution >= 4 is 39.4 Å². The Hall–Kier alpha value is -2.84. The lowest BCUT2D eigenvalue weighted by Gasteiger charge is -2.12. The molecule has 2 N–H and O–H groups in total. The molecule has 2 aromatic carbocycles. The number of methoxy groups -OCH3 is 1. The molecule has 3 rings (SSSR count). The summed E-state index contributed by atoms with van der Waals surface area (Å²) in [4.78, 5) is 30.7. The number of hydrogen-bond acceptors (Lipinski definition) is 5. The zero-order valence-corrected chi connectivity index (χ0v) is 16.3. The van der Waals surface area contributed by atoms with Crippen LogP contribution in [-0.2, 0) is 0 Å². The van der Waals surface area contributed by atoms with E-state index in [2.05, 4.69) is 25.9 Å². The van der Waals surface area contributed by atoms with Crippen LogP contribution in [0.1, 0.15) is 5.56 Å². The van der Waals surface area contributed by atoms with Crippen LogP contribution in [0.5, 0.6) is 11.6 Å². The number of H-pyrrole nitrogens is 1. The normalized spacial score (nSPS) is 11.1. The second-order valence-electron chi connectivity index (χ2n) is 5.36. The molecule has 0 atom stereocenters. The first kappa shape index (κ1) is 18.9. The van der Waals surface area contributed by atoms with Gasteiger partial charge in [-0.2, -0.15) is 0 Å². The van der Waals surface area contributed by atoms with Gasteiger partial charge in [-0.05, 0) is 30.3 Å². The van der Waals surface area contributed by atoms with Crippen LogP contribution in [0.25, 0.3) is 5.69 Å². The molecule has 1 aromatic heterocycles. The van der Waals surface area contributed by atoms with Crippen molar-refractivity contribution in [3.05, 3.63) is 78.4 Å². The van der Waals surface area contributed by atoms with Gasteiger partial charge in [-0.25, -0.2) is 9.36 Å². The van der Waals surface area contributed by atoms with Gasteiger partial charge in [0.25, 0.3) is 5.56 Å². The van der Waals surface area contributed by atoms with Gasteiger partial charge in [0.2, 0.25) is 5.88 Å². The molecule has 3 aromatic rings. The Morgan fingerprint density at radius 1 is 1.26 bits per heavy atom. The molecular weight excluding hydrogens is 438 g/mol. The highest BCUT2D eigenvalue weighted by Crippen LogP contribution is 2.28. The van der Waals surface area contributed by atoms with E-state index >= 15 is 0 Å². The number of ether oxygens (including phenoxy) is 1. The Bertz CT molecular complexity index is 1150. The third kappa shape index (κ3) is 3.81. The standard InChI is InChI=1S/C18H13BrClN3O4/c1-27-15-5-3-2-4-14(15)23-17(25)11(16(24)22-18(23)26)9-21-13-7-6-10(19)8-12(13)20/h2-9,25H,1H3,(H,22,24,26). The Balaban J connectivity index is 2.16. The van der Waals surface area contributed by atoms with E-state index in [0.29, 0.717) is 16.5 Å². The number of para-hydroxylation sites is 2. The van der Waals surface area contributed by atoms with Crippen LogP contribution in [0.3, 0.4) is 0 Å². The molecule has 1 heterocycles. The van der Waals surface area contributed by atoms with Crippen molar-refractivity contribution in [1.29, 1.82) is 0 Å². The highest BCUT2D eigenvalue weighted by Gasteiger charge is 2.17. The second kappa shape index (κ2) is 7.81. The maximum atomic E-state index is 12.3. The van der Waals surface area contributed by atoms with E-state index in [1.54, 1.807) is 42.5 Å². The highest BCUT2D eigenvalue weighted by molar-refractivity contribution is 9.10. The SMILES string of the molecule is COc1ccccc1-n1c(O)c(C=Nc2ccc(Br)cc2Cl)c(=O)[nH]c1=O. The fourth-order valence-corrected chi connectivity index (χ4v) is 3.14. The van der Waals surface area contributed by atoms with Crippen LogP contribution in [-0.4, -0.2) is 28.0 Å². The van der Waals surface area contributed by atoms with Crippen LogP contribution in [0.4, 0.5) is 5.69 Å². The van der Waals surface area contributed by atoms with Gasteiger partial charge in [-0.1, -0.05) is 39.7 Å². The fraction of sp³-hybridized carbons (Fsp3) is 0.0556. The van der Waals surface area contributed by atoms with Gasteiger partial charge in [-0.3, -0.25) is 14.8 Å². The number of aromatic amines is 1. The van der Waals surface area contributed by atoms with Gasteiger partial charge in [0.05, 0.1) is 23.5 Å². The third-order valence-corrected chi connectivity index (χ3v) is 4.49. The zero-order chi connectivity index (χ0) is 19.6. The lowest BCUT2D eigenvalue weighted by molar-refractivity contribution is 0.401. The van der Waals surface area contributed by atoms with Crippen molar-refractivity contribution in [2.24, 2.45) is 4.99 Å². The van der Waals surface area contributed by atoms with Gasteiger partial charge in [0, 0.05) is 10.7 Å². The highest BCUT2D eigenvalue weighted by atomic mass is 79.9. The molecule has 0 aliphatic rings. The lowest BCUT2D eigenvalue weighted by Crippen LogP contribution is -2.31. The van der Waals surface area contributed by atoms with Crippen LogP contribution in [0.2, 0.25) is 5.02 Å². The summed E-state index contributed by atoms with van der Waals surface area (Å²) >= 11 is 9.39. The number of aromatic nitrogens is 2. The molecule has 9 heteroatoms. The molecular formula is C18H13BrClN3O4. The third-order valence-electron chi connectivity index (χ3n) is 3.69. The molecule has 0 amide bonds. The number of hydrogen-bond donors (Lipinski definition) is 2. The Morgan fingerprint density at radius 3 is 2.70 bits per heavy atom. The molecule has 27 heavy (non-hydrogen) atoms. The van der Waals surface area contributed by atoms with Crippen molar-refractivity contribution in [3.8, 4) is 17.3 Å². The fourth-order valence-electron chi connectivity index (χ4n) is 2.41. The largest absolute Gasteiger partial charge is 0.495 e. The van der Waals surface area contributed by atoms with E-state index < -0.39 is 17.1 Å². The lowest BCUT2D eigenvalue weighted by atomic mass is 10.2. The minimum atomic E-state index is -0.805. The monoisotopic (exact) mass is 449 g/mol. The number of nitrogens with one attached hydrogen (secondary N) is 1. The van der Waals surface area contributed by atoms with Gasteiger partial charge in [0.15, 0.2) is 0 Å². The van der Waals surface area contributed by atoms with Crippen molar-refractivity contribution in [1.82, 2.24) is 9.55 Å². The maximum absolute atomic E-state index is 12.3. The second-order valence-corrected chi connectivity index (χ2v) is 6.68. The topological polar surface area (TPSA) is 96.7 Å². The molecule has 0 radical (unpaired) electrons. The molecule has 0 bridgehead atoms. The molecule has 7 nitrogen and oxygen atoms in total. The minimum absolute atomic E-state index is 0.195. The van der Waals surface area contributed by atoms with E-state index in [0.717, 1.165) is 15.3 Å². The van der Waals surface area contributed by atoms with Crippen LogP contribution in [0, 0.1) is 0 Å². The number of benzene rings is 2. The first-order valence-corrected chi connectivity index (χ1v) is 8.80. The summed E-state index contributed by atoms with van der Waals surface area (Å²) in [6.07, 6.45) is 1.15. The van der Waals surface area contributed by atoms with Crippen LogP contribution in [0.15, 0.2) is 61.5 Å². The summed E-state index contributed by atoms with van der Waals surface area (Å²) in [6.45, 7) is 0. The quantitative estimate of drug-likeness (QED) is 0.595. The molecule has 0 saturated carbocycles. The Kier molecular flexibility index (Phi) is 5.48. The molecule has 138 valence electrons. The first-order valence-electron chi connectivity index (χ1n) is 7.63. The summed E-state index contributed by atoms with van der Waals surface area (Å²) < 4.78 is 6.93. The molecule has 0 saturated heterocycles. The number of aliphatic imine (C=N–C) groups is 1. The average molecular weight is 451 g/mol. The van der Waals surface area contributed by atoms with Gasteiger partial charge >= 0.3 is 5.69 Å². The number of aromatic hydroxyl groups is 1. The summed E-state index contributed by atoms with van der Waals surface area (Å²) in [7, 11) is 1.44. The maximum Gasteiger partial charge on any atom is 0.335 e. The van der Waals surface area contributed by atoms with Gasteiger partial charge in [-0.15, -0.1) is 0 Å². The number of halogens is 2. The average Bonchev–Trinajstić information content (AvgIpc) is 2.63. The van der Waals surface area contributed by atoms with Crippen molar-refractivity contribution < 1.29 is 9.84 Å². The van der Waals surface area contributed by atoms with Crippen LogP contribution < -0.4 is 16.0 Å². The minimum Gasteiger partial charge on any atom is -0.495 e. The number of nitrogens with zero attached hydrogens (tertiary/aromatic N) is 2. The summed E-state index contributed by atoms with van der Waals surface area (Å²) in [5.74, 6) is -0.217. The smallest absolute Gasteiger partial charge is 0.335 e. The summed E-state index contributed by atoms with van der Waals surface area (Å²) in [5, 5.41) is 10.9. The molecule has 0 aliphatic heterocycles. The first-order chi connectivity index (χ1) is 12.9. The molecule has 0 unspecified atom stereocenters. The number of rotatable bonds is 4. The van der Waals surface area contributed by atoms with E-state index in [9.17, 15) is 14.7 Å². The van der Waals surface area contributed by atoms with E-state index in [1.165, 1.54) is 7.11 Å². The van der Waals surface area contributed by atoms with Gasteiger partial charge < -0.3 is 9.84 Å². The van der Waals surface area contributed by atoms with Crippen molar-refractivity contribution in [2.45, 2.75) is 0 Å². The Morgan fingerprint density at radius 2 is 2.00 bits per heavy atom. The Labute approximate surface area is 166 Å². The summed E-state index contributed by atoms with van der Waals surface area (Å²) in [5.41, 5.74) is -1.11. The molecule has 0 aliphatic carbocycles. The van der Waals surface area contributed by atoms with E-state index in [-0.39, 0.29) is 11.3 Å². The van der Waals surface area contributed by atoms with Crippen molar-refractivity contribution in [3.63, 3.8) is 0 Å². The predicted molar refractivity (Wildman–Crippen MR) is 107 cm³/mol. The van der Waals surface area contributed by atoms with Crippen molar-refractivity contribution in [2.75, 3.05) is 7.11 Å². The van der Waals surface area contributed by atoms with E-state index in [1.807, 2.05) is 0 Å². The molecule has 0 fully saturated rings. The van der Waals surface area contributed by atoms with E-state index in [4.69, 9.17) is 16.3 Å². The predicted octanol–water partition coefficient (Wildman–Crippen LogP) is 3.41.